The van der Waals surface area contributed by atoms with E-state index >= 15 is 0 Å². The van der Waals surface area contributed by atoms with Gasteiger partial charge < -0.3 is 4.74 Å². The highest BCUT2D eigenvalue weighted by molar-refractivity contribution is 5.90. The van der Waals surface area contributed by atoms with Crippen molar-refractivity contribution in [2.45, 2.75) is 64.9 Å². The number of carbonyl (C=O) groups excluding carboxylic acids is 1. The van der Waals surface area contributed by atoms with Gasteiger partial charge in [0.1, 0.15) is 6.10 Å². The third-order valence-corrected chi connectivity index (χ3v) is 2.78. The Kier molecular flexibility index (Phi) is 5.44. The Morgan fingerprint density at radius 3 is 2.67 bits per heavy atom. The number of rotatable bonds is 6. The summed E-state index contributed by atoms with van der Waals surface area (Å²) in [7, 11) is 0. The van der Waals surface area contributed by atoms with Crippen molar-refractivity contribution < 1.29 is 9.53 Å². The molecule has 0 amide bonds. The van der Waals surface area contributed by atoms with Gasteiger partial charge in [-0.05, 0) is 19.8 Å². The standard InChI is InChI=1S/C13H22O2/c1-3-4-5-6-7-8-9-12-10-11(2)15-13(12)14/h9,11H,3-8,10H2,1-2H3/b12-9-. The van der Waals surface area contributed by atoms with Gasteiger partial charge in [-0.3, -0.25) is 0 Å². The maximum atomic E-state index is 11.3. The van der Waals surface area contributed by atoms with Gasteiger partial charge in [-0.2, -0.15) is 0 Å². The fourth-order valence-electron chi connectivity index (χ4n) is 1.88. The van der Waals surface area contributed by atoms with Crippen molar-refractivity contribution in [3.05, 3.63) is 11.6 Å². The quantitative estimate of drug-likeness (QED) is 0.380. The Bertz CT molecular complexity index is 231. The third-order valence-electron chi connectivity index (χ3n) is 2.78. The lowest BCUT2D eigenvalue weighted by Gasteiger charge is -1.96. The second-order valence-corrected chi connectivity index (χ2v) is 4.35. The summed E-state index contributed by atoms with van der Waals surface area (Å²) < 4.78 is 5.06. The molecule has 1 unspecified atom stereocenters. The summed E-state index contributed by atoms with van der Waals surface area (Å²) in [5.41, 5.74) is 0.887. The summed E-state index contributed by atoms with van der Waals surface area (Å²) in [5.74, 6) is -0.101. The number of ether oxygens (including phenoxy) is 1. The maximum absolute atomic E-state index is 11.3. The predicted octanol–water partition coefficient (Wildman–Crippen LogP) is 3.61. The number of allylic oxidation sites excluding steroid dienone is 1. The summed E-state index contributed by atoms with van der Waals surface area (Å²) in [6.07, 6.45) is 10.4. The Hall–Kier alpha value is -0.790. The Labute approximate surface area is 92.7 Å². The molecule has 0 aromatic rings. The van der Waals surface area contributed by atoms with Gasteiger partial charge in [0.2, 0.25) is 0 Å². The lowest BCUT2D eigenvalue weighted by atomic mass is 10.1. The molecule has 15 heavy (non-hydrogen) atoms. The molecule has 0 N–H and O–H groups in total. The highest BCUT2D eigenvalue weighted by atomic mass is 16.5. The first-order chi connectivity index (χ1) is 7.24. The van der Waals surface area contributed by atoms with Crippen molar-refractivity contribution in [1.29, 1.82) is 0 Å². The summed E-state index contributed by atoms with van der Waals surface area (Å²) >= 11 is 0. The molecule has 1 fully saturated rings. The Morgan fingerprint density at radius 1 is 1.33 bits per heavy atom. The molecule has 0 spiro atoms. The molecular formula is C13H22O2. The van der Waals surface area contributed by atoms with E-state index in [1.54, 1.807) is 0 Å². The van der Waals surface area contributed by atoms with Crippen molar-refractivity contribution in [3.63, 3.8) is 0 Å². The molecule has 1 saturated heterocycles. The van der Waals surface area contributed by atoms with E-state index in [1.807, 2.05) is 6.92 Å². The van der Waals surface area contributed by atoms with Crippen LogP contribution >= 0.6 is 0 Å². The first kappa shape index (κ1) is 12.3. The molecule has 1 atom stereocenters. The lowest BCUT2D eigenvalue weighted by Crippen LogP contribution is -1.99. The molecule has 1 rings (SSSR count). The molecular weight excluding hydrogens is 188 g/mol. The minimum Gasteiger partial charge on any atom is -0.459 e. The van der Waals surface area contributed by atoms with Gasteiger partial charge in [0.15, 0.2) is 0 Å². The van der Waals surface area contributed by atoms with Gasteiger partial charge >= 0.3 is 5.97 Å². The molecule has 86 valence electrons. The third kappa shape index (κ3) is 4.50. The van der Waals surface area contributed by atoms with Gasteiger partial charge in [-0.1, -0.05) is 38.7 Å². The van der Waals surface area contributed by atoms with Crippen molar-refractivity contribution in [2.24, 2.45) is 0 Å². The summed E-state index contributed by atoms with van der Waals surface area (Å²) in [5, 5.41) is 0. The Balaban J connectivity index is 2.12. The first-order valence-electron chi connectivity index (χ1n) is 6.14. The summed E-state index contributed by atoms with van der Waals surface area (Å²) in [6, 6.07) is 0. The van der Waals surface area contributed by atoms with E-state index in [2.05, 4.69) is 13.0 Å². The van der Waals surface area contributed by atoms with Gasteiger partial charge in [-0.25, -0.2) is 4.79 Å². The molecule has 0 saturated carbocycles. The number of hydrogen-bond acceptors (Lipinski definition) is 2. The maximum Gasteiger partial charge on any atom is 0.334 e. The highest BCUT2D eigenvalue weighted by Crippen LogP contribution is 2.20. The molecule has 0 aliphatic carbocycles. The van der Waals surface area contributed by atoms with Crippen molar-refractivity contribution in [1.82, 2.24) is 0 Å². The van der Waals surface area contributed by atoms with E-state index in [-0.39, 0.29) is 12.1 Å². The Morgan fingerprint density at radius 2 is 2.07 bits per heavy atom. The second kappa shape index (κ2) is 6.65. The van der Waals surface area contributed by atoms with Crippen LogP contribution in [-0.2, 0) is 9.53 Å². The summed E-state index contributed by atoms with van der Waals surface area (Å²) in [6.45, 7) is 4.16. The van der Waals surface area contributed by atoms with E-state index in [1.165, 1.54) is 32.1 Å². The van der Waals surface area contributed by atoms with Crippen molar-refractivity contribution >= 4 is 5.97 Å². The topological polar surface area (TPSA) is 26.3 Å². The van der Waals surface area contributed by atoms with Gasteiger partial charge in [-0.15, -0.1) is 0 Å². The molecule has 2 heteroatoms. The van der Waals surface area contributed by atoms with E-state index in [0.29, 0.717) is 0 Å². The van der Waals surface area contributed by atoms with Crippen molar-refractivity contribution in [2.75, 3.05) is 0 Å². The molecule has 0 bridgehead atoms. The molecule has 1 heterocycles. The second-order valence-electron chi connectivity index (χ2n) is 4.35. The number of carbonyl (C=O) groups is 1. The van der Waals surface area contributed by atoms with Crippen LogP contribution in [0.4, 0.5) is 0 Å². The fourth-order valence-corrected chi connectivity index (χ4v) is 1.88. The molecule has 2 nitrogen and oxygen atoms in total. The van der Waals surface area contributed by atoms with Crippen LogP contribution < -0.4 is 0 Å². The monoisotopic (exact) mass is 210 g/mol. The fraction of sp³-hybridized carbons (Fsp3) is 0.769. The molecule has 0 radical (unpaired) electrons. The van der Waals surface area contributed by atoms with Crippen LogP contribution in [0.5, 0.6) is 0 Å². The van der Waals surface area contributed by atoms with Crippen LogP contribution in [-0.4, -0.2) is 12.1 Å². The number of cyclic esters (lactones) is 1. The SMILES string of the molecule is CCCCCCC/C=C1/CC(C)OC1=O. The normalized spacial score (nSPS) is 23.5. The first-order valence-corrected chi connectivity index (χ1v) is 6.14. The largest absolute Gasteiger partial charge is 0.459 e. The summed E-state index contributed by atoms with van der Waals surface area (Å²) in [4.78, 5) is 11.3. The molecule has 0 aromatic carbocycles. The number of unbranched alkanes of at least 4 members (excludes halogenated alkanes) is 5. The van der Waals surface area contributed by atoms with E-state index < -0.39 is 0 Å². The zero-order valence-electron chi connectivity index (χ0n) is 9.92. The molecule has 1 aliphatic heterocycles. The zero-order chi connectivity index (χ0) is 11.1. The van der Waals surface area contributed by atoms with Gasteiger partial charge in [0, 0.05) is 12.0 Å². The van der Waals surface area contributed by atoms with E-state index in [9.17, 15) is 4.79 Å². The lowest BCUT2D eigenvalue weighted by molar-refractivity contribution is -0.138. The smallest absolute Gasteiger partial charge is 0.334 e. The van der Waals surface area contributed by atoms with Crippen LogP contribution in [0, 0.1) is 0 Å². The van der Waals surface area contributed by atoms with E-state index in [4.69, 9.17) is 4.74 Å². The van der Waals surface area contributed by atoms with Crippen LogP contribution in [0.3, 0.4) is 0 Å². The van der Waals surface area contributed by atoms with Gasteiger partial charge in [0.25, 0.3) is 0 Å². The van der Waals surface area contributed by atoms with Crippen molar-refractivity contribution in [3.8, 4) is 0 Å². The van der Waals surface area contributed by atoms with Crippen LogP contribution in [0.1, 0.15) is 58.8 Å². The minimum atomic E-state index is -0.101. The van der Waals surface area contributed by atoms with Gasteiger partial charge in [0.05, 0.1) is 0 Å². The van der Waals surface area contributed by atoms with E-state index in [0.717, 1.165) is 18.4 Å². The number of esters is 1. The minimum absolute atomic E-state index is 0.0869. The average molecular weight is 210 g/mol. The highest BCUT2D eigenvalue weighted by Gasteiger charge is 2.24. The number of hydrogen-bond donors (Lipinski definition) is 0. The molecule has 0 aromatic heterocycles. The van der Waals surface area contributed by atoms with Crippen LogP contribution in [0.2, 0.25) is 0 Å². The molecule has 1 aliphatic rings. The average Bonchev–Trinajstić information content (AvgIpc) is 2.51. The zero-order valence-corrected chi connectivity index (χ0v) is 9.92. The van der Waals surface area contributed by atoms with Crippen LogP contribution in [0.25, 0.3) is 0 Å². The predicted molar refractivity (Wildman–Crippen MR) is 61.6 cm³/mol. The van der Waals surface area contributed by atoms with Crippen LogP contribution in [0.15, 0.2) is 11.6 Å².